The number of aldehydes is 1. The lowest BCUT2D eigenvalue weighted by Gasteiger charge is -1.98. The number of allylic oxidation sites excluding steroid dienone is 1. The van der Waals surface area contributed by atoms with E-state index in [0.29, 0.717) is 0 Å². The van der Waals surface area contributed by atoms with E-state index < -0.39 is 0 Å². The molecule has 0 aromatic carbocycles. The normalized spacial score (nSPS) is 12.8. The fraction of sp³-hybridized carbons (Fsp3) is 0.571. The summed E-state index contributed by atoms with van der Waals surface area (Å²) in [4.78, 5) is 10.00. The molecule has 0 aromatic heterocycles. The van der Waals surface area contributed by atoms with E-state index in [-0.39, 0.29) is 5.92 Å². The third-order valence-electron chi connectivity index (χ3n) is 0.903. The van der Waals surface area contributed by atoms with E-state index in [4.69, 9.17) is 0 Å². The monoisotopic (exact) mass is 112 g/mol. The van der Waals surface area contributed by atoms with Crippen molar-refractivity contribution in [1.29, 1.82) is 0 Å². The minimum Gasteiger partial charge on any atom is -0.303 e. The molecule has 0 aliphatic heterocycles. The Morgan fingerprint density at radius 3 is 2.50 bits per heavy atom. The van der Waals surface area contributed by atoms with Crippen LogP contribution in [0.4, 0.5) is 0 Å². The molecule has 1 nitrogen and oxygen atoms in total. The molecule has 0 amide bonds. The third-order valence-corrected chi connectivity index (χ3v) is 0.903. The molecule has 46 valence electrons. The van der Waals surface area contributed by atoms with Gasteiger partial charge in [0.1, 0.15) is 6.29 Å². The minimum atomic E-state index is 0.146. The van der Waals surface area contributed by atoms with Crippen molar-refractivity contribution in [2.24, 2.45) is 5.92 Å². The molecule has 0 aliphatic carbocycles. The molecule has 1 atom stereocenters. The summed E-state index contributed by atoms with van der Waals surface area (Å²) in [7, 11) is 0. The molecule has 0 heterocycles. The average Bonchev–Trinajstić information content (AvgIpc) is 1.65. The summed E-state index contributed by atoms with van der Waals surface area (Å²) in [5, 5.41) is 0. The zero-order valence-corrected chi connectivity index (χ0v) is 5.48. The van der Waals surface area contributed by atoms with Crippen LogP contribution < -0.4 is 0 Å². The van der Waals surface area contributed by atoms with E-state index >= 15 is 0 Å². The lowest BCUT2D eigenvalue weighted by molar-refractivity contribution is -0.110. The van der Waals surface area contributed by atoms with E-state index in [1.54, 1.807) is 0 Å². The molecule has 0 N–H and O–H groups in total. The first-order chi connectivity index (χ1) is 3.66. The summed E-state index contributed by atoms with van der Waals surface area (Å²) in [6.07, 6.45) is 1.78. The van der Waals surface area contributed by atoms with Gasteiger partial charge in [-0.05, 0) is 13.3 Å². The molecule has 0 saturated carbocycles. The number of rotatable bonds is 3. The Hall–Kier alpha value is -0.590. The van der Waals surface area contributed by atoms with Crippen LogP contribution in [0.2, 0.25) is 0 Å². The van der Waals surface area contributed by atoms with Crippen molar-refractivity contribution in [2.75, 3.05) is 0 Å². The molecule has 0 spiro atoms. The van der Waals surface area contributed by atoms with Crippen LogP contribution in [0.5, 0.6) is 0 Å². The van der Waals surface area contributed by atoms with Crippen LogP contribution in [0.15, 0.2) is 12.2 Å². The summed E-state index contributed by atoms with van der Waals surface area (Å²) < 4.78 is 0. The Bertz CT molecular complexity index is 94.6. The van der Waals surface area contributed by atoms with Gasteiger partial charge in [0.05, 0.1) is 0 Å². The van der Waals surface area contributed by atoms with Crippen molar-refractivity contribution >= 4 is 6.29 Å². The quantitative estimate of drug-likeness (QED) is 0.402. The van der Waals surface area contributed by atoms with Gasteiger partial charge in [0.25, 0.3) is 0 Å². The van der Waals surface area contributed by atoms with Gasteiger partial charge in [0.15, 0.2) is 0 Å². The first-order valence-electron chi connectivity index (χ1n) is 2.76. The van der Waals surface area contributed by atoms with Crippen molar-refractivity contribution in [3.63, 3.8) is 0 Å². The number of hydrogen-bond acceptors (Lipinski definition) is 1. The minimum absolute atomic E-state index is 0.146. The van der Waals surface area contributed by atoms with Crippen molar-refractivity contribution in [1.82, 2.24) is 0 Å². The molecule has 0 aliphatic rings. The predicted molar refractivity (Wildman–Crippen MR) is 34.7 cm³/mol. The summed E-state index contributed by atoms with van der Waals surface area (Å²) >= 11 is 0. The fourth-order valence-corrected chi connectivity index (χ4v) is 0.598. The zero-order chi connectivity index (χ0) is 6.57. The maximum Gasteiger partial charge on any atom is 0.123 e. The summed E-state index contributed by atoms with van der Waals surface area (Å²) in [6, 6.07) is 0. The molecule has 1 heteroatoms. The van der Waals surface area contributed by atoms with E-state index in [0.717, 1.165) is 18.3 Å². The van der Waals surface area contributed by atoms with Crippen molar-refractivity contribution in [3.8, 4) is 0 Å². The zero-order valence-electron chi connectivity index (χ0n) is 5.48. The van der Waals surface area contributed by atoms with Crippen molar-refractivity contribution in [3.05, 3.63) is 12.2 Å². The fourth-order valence-electron chi connectivity index (χ4n) is 0.598. The molecule has 0 fully saturated rings. The van der Waals surface area contributed by atoms with E-state index in [1.165, 1.54) is 0 Å². The second-order valence-corrected chi connectivity index (χ2v) is 2.27. The maximum atomic E-state index is 10.00. The average molecular weight is 112 g/mol. The molecule has 0 radical (unpaired) electrons. The van der Waals surface area contributed by atoms with Gasteiger partial charge in [0.2, 0.25) is 0 Å². The van der Waals surface area contributed by atoms with Crippen LogP contribution in [0.25, 0.3) is 0 Å². The molecule has 0 aromatic rings. The van der Waals surface area contributed by atoms with Gasteiger partial charge in [-0.3, -0.25) is 0 Å². The van der Waals surface area contributed by atoms with Gasteiger partial charge in [-0.2, -0.15) is 0 Å². The summed E-state index contributed by atoms with van der Waals surface area (Å²) in [6.45, 7) is 7.51. The van der Waals surface area contributed by atoms with Crippen LogP contribution in [0.1, 0.15) is 20.3 Å². The highest BCUT2D eigenvalue weighted by Crippen LogP contribution is 2.04. The lowest BCUT2D eigenvalue weighted by Crippen LogP contribution is -1.94. The first-order valence-corrected chi connectivity index (χ1v) is 2.76. The molecular formula is C7H12O. The van der Waals surface area contributed by atoms with Gasteiger partial charge >= 0.3 is 0 Å². The predicted octanol–water partition coefficient (Wildman–Crippen LogP) is 1.79. The summed E-state index contributed by atoms with van der Waals surface area (Å²) in [5.74, 6) is 0.146. The second-order valence-electron chi connectivity index (χ2n) is 2.27. The molecular weight excluding hydrogens is 100 g/mol. The SMILES string of the molecule is C=C(C)C[C@H](C)C=O. The Morgan fingerprint density at radius 1 is 1.88 bits per heavy atom. The van der Waals surface area contributed by atoms with Gasteiger partial charge in [-0.1, -0.05) is 12.5 Å². The highest BCUT2D eigenvalue weighted by atomic mass is 16.1. The Balaban J connectivity index is 3.38. The molecule has 0 unspecified atom stereocenters. The van der Waals surface area contributed by atoms with Gasteiger partial charge in [0, 0.05) is 5.92 Å². The largest absolute Gasteiger partial charge is 0.303 e. The summed E-state index contributed by atoms with van der Waals surface area (Å²) in [5.41, 5.74) is 1.07. The maximum absolute atomic E-state index is 10.00. The van der Waals surface area contributed by atoms with Crippen LogP contribution >= 0.6 is 0 Å². The topological polar surface area (TPSA) is 17.1 Å². The lowest BCUT2D eigenvalue weighted by atomic mass is 10.1. The second kappa shape index (κ2) is 3.42. The number of carbonyl (C=O) groups excluding carboxylic acids is 1. The smallest absolute Gasteiger partial charge is 0.123 e. The van der Waals surface area contributed by atoms with Gasteiger partial charge < -0.3 is 4.79 Å². The van der Waals surface area contributed by atoms with Gasteiger partial charge in [-0.15, -0.1) is 6.58 Å². The molecule has 0 saturated heterocycles. The van der Waals surface area contributed by atoms with Crippen LogP contribution in [0, 0.1) is 5.92 Å². The Morgan fingerprint density at radius 2 is 2.38 bits per heavy atom. The van der Waals surface area contributed by atoms with Crippen LogP contribution in [-0.4, -0.2) is 6.29 Å². The number of carbonyl (C=O) groups is 1. The molecule has 0 rings (SSSR count). The number of hydrogen-bond donors (Lipinski definition) is 0. The Labute approximate surface area is 50.4 Å². The standard InChI is InChI=1S/C7H12O/c1-6(2)4-7(3)5-8/h5,7H,1,4H2,2-3H3/t7-/m0/s1. The highest BCUT2D eigenvalue weighted by Gasteiger charge is 1.96. The molecule has 8 heavy (non-hydrogen) atoms. The third kappa shape index (κ3) is 3.59. The molecule has 0 bridgehead atoms. The van der Waals surface area contributed by atoms with Crippen molar-refractivity contribution in [2.45, 2.75) is 20.3 Å². The first kappa shape index (κ1) is 7.41. The Kier molecular flexibility index (Phi) is 3.16. The van der Waals surface area contributed by atoms with Crippen molar-refractivity contribution < 1.29 is 4.79 Å². The van der Waals surface area contributed by atoms with E-state index in [1.807, 2.05) is 13.8 Å². The van der Waals surface area contributed by atoms with E-state index in [9.17, 15) is 4.79 Å². The van der Waals surface area contributed by atoms with E-state index in [2.05, 4.69) is 6.58 Å². The van der Waals surface area contributed by atoms with Crippen LogP contribution in [-0.2, 0) is 4.79 Å². The van der Waals surface area contributed by atoms with Gasteiger partial charge in [-0.25, -0.2) is 0 Å². The highest BCUT2D eigenvalue weighted by molar-refractivity contribution is 5.53. The van der Waals surface area contributed by atoms with Crippen LogP contribution in [0.3, 0.4) is 0 Å².